The second kappa shape index (κ2) is 33.9. The summed E-state index contributed by atoms with van der Waals surface area (Å²) in [6, 6.07) is -1.01. The maximum atomic E-state index is 12.7. The van der Waals surface area contributed by atoms with E-state index in [1.165, 1.54) is 51.4 Å². The number of nitrogens with one attached hydrogen (secondary N) is 1. The topological polar surface area (TPSA) is 151 Å². The lowest BCUT2D eigenvalue weighted by atomic mass is 10.0. The molecule has 0 aliphatic carbocycles. The summed E-state index contributed by atoms with van der Waals surface area (Å²) >= 11 is 0. The van der Waals surface area contributed by atoms with Gasteiger partial charge in [0.15, 0.2) is 0 Å². The van der Waals surface area contributed by atoms with E-state index in [9.17, 15) is 24.5 Å². The van der Waals surface area contributed by atoms with E-state index in [1.54, 1.807) is 12.2 Å². The van der Waals surface area contributed by atoms with Crippen LogP contribution < -0.4 is 11.1 Å². The molecule has 4 atom stereocenters. The molecule has 9 nitrogen and oxygen atoms in total. The Kier molecular flexibility index (Phi) is 32.8. The van der Waals surface area contributed by atoms with Crippen LogP contribution in [0.1, 0.15) is 149 Å². The van der Waals surface area contributed by atoms with Crippen LogP contribution in [0, 0.1) is 0 Å². The van der Waals surface area contributed by atoms with Crippen LogP contribution in [-0.2, 0) is 18.4 Å². The molecule has 0 saturated heterocycles. The van der Waals surface area contributed by atoms with Gasteiger partial charge in [0.05, 0.1) is 37.9 Å². The highest BCUT2D eigenvalue weighted by Crippen LogP contribution is 2.43. The number of hydrogen-bond acceptors (Lipinski definition) is 7. The molecule has 0 bridgehead atoms. The number of aliphatic hydroxyl groups excluding tert-OH is 2. The summed E-state index contributed by atoms with van der Waals surface area (Å²) in [6.07, 6.45) is 36.3. The highest BCUT2D eigenvalue weighted by atomic mass is 31.2. The van der Waals surface area contributed by atoms with Gasteiger partial charge >= 0.3 is 7.82 Å². The number of aliphatic hydroxyl groups is 2. The number of nitrogens with two attached hydrogens (primary N) is 1. The molecular formula is C38H71N2O7P. The second-order valence-electron chi connectivity index (χ2n) is 12.6. The molecule has 280 valence electrons. The predicted molar refractivity (Wildman–Crippen MR) is 200 cm³/mol. The maximum absolute atomic E-state index is 12.7. The average molecular weight is 699 g/mol. The molecule has 0 aromatic carbocycles. The molecule has 0 aromatic rings. The lowest BCUT2D eigenvalue weighted by Gasteiger charge is -2.24. The van der Waals surface area contributed by atoms with E-state index in [0.717, 1.165) is 64.2 Å². The molecule has 0 saturated carbocycles. The van der Waals surface area contributed by atoms with E-state index in [1.807, 2.05) is 0 Å². The summed E-state index contributed by atoms with van der Waals surface area (Å²) in [4.78, 5) is 22.6. The fourth-order valence-corrected chi connectivity index (χ4v) is 5.79. The number of hydrogen-bond donors (Lipinski definition) is 5. The summed E-state index contributed by atoms with van der Waals surface area (Å²) in [5.41, 5.74) is 5.33. The molecule has 0 spiro atoms. The molecule has 0 aromatic heterocycles. The maximum Gasteiger partial charge on any atom is 0.472 e. The van der Waals surface area contributed by atoms with Crippen LogP contribution in [0.25, 0.3) is 0 Å². The van der Waals surface area contributed by atoms with Gasteiger partial charge in [-0.25, -0.2) is 4.57 Å². The minimum absolute atomic E-state index is 0.0397. The first-order valence-electron chi connectivity index (χ1n) is 18.8. The zero-order chi connectivity index (χ0) is 35.6. The van der Waals surface area contributed by atoms with Crippen molar-refractivity contribution in [1.29, 1.82) is 0 Å². The summed E-state index contributed by atoms with van der Waals surface area (Å²) in [5.74, 6) is -0.470. The highest BCUT2D eigenvalue weighted by Gasteiger charge is 2.27. The normalized spacial score (nSPS) is 15.5. The lowest BCUT2D eigenvalue weighted by Crippen LogP contribution is -2.46. The number of amides is 1. The monoisotopic (exact) mass is 698 g/mol. The van der Waals surface area contributed by atoms with Crippen LogP contribution >= 0.6 is 7.82 Å². The lowest BCUT2D eigenvalue weighted by molar-refractivity contribution is -0.124. The predicted octanol–water partition coefficient (Wildman–Crippen LogP) is 8.74. The first kappa shape index (κ1) is 46.4. The molecule has 10 heteroatoms. The Balaban J connectivity index is 4.47. The van der Waals surface area contributed by atoms with Gasteiger partial charge in [-0.05, 0) is 64.2 Å². The SMILES string of the molecule is CCC/C=C/CC/C=C/CC/C=C/C(O)C(COP(=O)(O)OCCN)NC(=O)CC(O)CCCCCCC/C=C\CCCCCCCC. The third kappa shape index (κ3) is 31.7. The highest BCUT2D eigenvalue weighted by molar-refractivity contribution is 7.47. The Labute approximate surface area is 293 Å². The summed E-state index contributed by atoms with van der Waals surface area (Å²) < 4.78 is 21.9. The molecule has 4 unspecified atom stereocenters. The van der Waals surface area contributed by atoms with Crippen LogP contribution in [0.3, 0.4) is 0 Å². The molecule has 0 fully saturated rings. The van der Waals surface area contributed by atoms with Gasteiger partial charge in [0.2, 0.25) is 5.91 Å². The van der Waals surface area contributed by atoms with Crippen LogP contribution in [0.5, 0.6) is 0 Å². The van der Waals surface area contributed by atoms with Crippen molar-refractivity contribution in [3.05, 3.63) is 48.6 Å². The van der Waals surface area contributed by atoms with Gasteiger partial charge in [-0.1, -0.05) is 127 Å². The van der Waals surface area contributed by atoms with Crippen LogP contribution in [0.15, 0.2) is 48.6 Å². The largest absolute Gasteiger partial charge is 0.472 e. The van der Waals surface area contributed by atoms with Crippen LogP contribution in [0.4, 0.5) is 0 Å². The molecular weight excluding hydrogens is 627 g/mol. The molecule has 0 rings (SSSR count). The number of rotatable bonds is 34. The zero-order valence-corrected chi connectivity index (χ0v) is 31.2. The van der Waals surface area contributed by atoms with Crippen molar-refractivity contribution < 1.29 is 33.5 Å². The molecule has 48 heavy (non-hydrogen) atoms. The number of carbonyl (C=O) groups is 1. The van der Waals surface area contributed by atoms with Gasteiger partial charge < -0.3 is 26.2 Å². The van der Waals surface area contributed by atoms with E-state index in [-0.39, 0.29) is 19.6 Å². The van der Waals surface area contributed by atoms with Crippen molar-refractivity contribution in [3.8, 4) is 0 Å². The summed E-state index contributed by atoms with van der Waals surface area (Å²) in [5, 5.41) is 23.9. The van der Waals surface area contributed by atoms with Crippen molar-refractivity contribution in [1.82, 2.24) is 5.32 Å². The Morgan fingerprint density at radius 2 is 1.23 bits per heavy atom. The Bertz CT molecular complexity index is 909. The van der Waals surface area contributed by atoms with E-state index in [2.05, 4.69) is 55.6 Å². The summed E-state index contributed by atoms with van der Waals surface area (Å²) in [7, 11) is -4.40. The van der Waals surface area contributed by atoms with Gasteiger partial charge in [-0.3, -0.25) is 13.8 Å². The van der Waals surface area contributed by atoms with Crippen molar-refractivity contribution in [3.63, 3.8) is 0 Å². The van der Waals surface area contributed by atoms with Gasteiger partial charge in [0.1, 0.15) is 0 Å². The standard InChI is InChI=1S/C38H71N2O7P/c1-3-5-7-9-11-13-15-16-17-18-20-21-23-25-27-29-35(41)33-38(43)40-36(34-47-48(44,45)46-32-31-39)37(42)30-28-26-24-22-19-14-12-10-8-6-4-2/h8,10,16-17,19,22,28,30,35-37,41-42H,3-7,9,11-15,18,20-21,23-27,29,31-34,39H2,1-2H3,(H,40,43)(H,44,45)/b10-8+,17-16-,22-19+,30-28+. The van der Waals surface area contributed by atoms with E-state index in [0.29, 0.717) is 12.8 Å². The minimum atomic E-state index is -4.40. The first-order valence-corrected chi connectivity index (χ1v) is 20.3. The summed E-state index contributed by atoms with van der Waals surface area (Å²) in [6.45, 7) is 3.82. The van der Waals surface area contributed by atoms with E-state index >= 15 is 0 Å². The van der Waals surface area contributed by atoms with E-state index in [4.69, 9.17) is 14.8 Å². The quantitative estimate of drug-likeness (QED) is 0.0254. The number of carbonyl (C=O) groups excluding carboxylic acids is 1. The number of phosphoric ester groups is 1. The fraction of sp³-hybridized carbons (Fsp3) is 0.763. The number of phosphoric acid groups is 1. The number of allylic oxidation sites excluding steroid dienone is 7. The van der Waals surface area contributed by atoms with Crippen LogP contribution in [0.2, 0.25) is 0 Å². The minimum Gasteiger partial charge on any atom is -0.393 e. The first-order chi connectivity index (χ1) is 23.3. The molecule has 0 aliphatic rings. The Morgan fingerprint density at radius 1 is 0.708 bits per heavy atom. The molecule has 1 amide bonds. The molecule has 6 N–H and O–H groups in total. The van der Waals surface area contributed by atoms with Gasteiger partial charge in [0, 0.05) is 6.54 Å². The van der Waals surface area contributed by atoms with Gasteiger partial charge in [0.25, 0.3) is 0 Å². The Morgan fingerprint density at radius 3 is 1.81 bits per heavy atom. The average Bonchev–Trinajstić information content (AvgIpc) is 3.06. The van der Waals surface area contributed by atoms with E-state index < -0.39 is 38.6 Å². The second-order valence-corrected chi connectivity index (χ2v) is 14.0. The van der Waals surface area contributed by atoms with Crippen LogP contribution in [-0.4, -0.2) is 59.0 Å². The third-order valence-corrected chi connectivity index (χ3v) is 8.87. The van der Waals surface area contributed by atoms with Crippen molar-refractivity contribution >= 4 is 13.7 Å². The third-order valence-electron chi connectivity index (χ3n) is 7.89. The fourth-order valence-electron chi connectivity index (χ4n) is 5.03. The number of unbranched alkanes of at least 4 members (excludes halogenated alkanes) is 14. The van der Waals surface area contributed by atoms with Crippen molar-refractivity contribution in [2.45, 2.75) is 167 Å². The van der Waals surface area contributed by atoms with Crippen molar-refractivity contribution in [2.24, 2.45) is 5.73 Å². The smallest absolute Gasteiger partial charge is 0.393 e. The Hall–Kier alpha value is -1.58. The molecule has 0 aliphatic heterocycles. The molecule has 0 radical (unpaired) electrons. The van der Waals surface area contributed by atoms with Gasteiger partial charge in [-0.2, -0.15) is 0 Å². The zero-order valence-electron chi connectivity index (χ0n) is 30.3. The van der Waals surface area contributed by atoms with Crippen molar-refractivity contribution in [2.75, 3.05) is 19.8 Å². The molecule has 0 heterocycles. The van der Waals surface area contributed by atoms with Gasteiger partial charge in [-0.15, -0.1) is 0 Å².